The highest BCUT2D eigenvalue weighted by atomic mass is 16.5. The topological polar surface area (TPSA) is 105 Å². The Morgan fingerprint density at radius 2 is 1.60 bits per heavy atom. The first kappa shape index (κ1) is 17.0. The van der Waals surface area contributed by atoms with Crippen LogP contribution in [-0.4, -0.2) is 29.7 Å². The van der Waals surface area contributed by atoms with E-state index in [1.54, 1.807) is 31.2 Å². The van der Waals surface area contributed by atoms with Gasteiger partial charge < -0.3 is 15.2 Å². The van der Waals surface area contributed by atoms with Gasteiger partial charge in [0.2, 0.25) is 5.91 Å². The number of benzene rings is 1. The van der Waals surface area contributed by atoms with Gasteiger partial charge in [-0.3, -0.25) is 14.9 Å². The molecule has 0 aromatic heterocycles. The van der Waals surface area contributed by atoms with Gasteiger partial charge >= 0.3 is 12.1 Å². The minimum absolute atomic E-state index is 0.0177. The molecule has 0 saturated heterocycles. The number of amides is 2. The fourth-order valence-electron chi connectivity index (χ4n) is 3.66. The van der Waals surface area contributed by atoms with Crippen LogP contribution in [0.25, 0.3) is 0 Å². The number of ether oxygens (including phenoxy) is 1. The van der Waals surface area contributed by atoms with Crippen molar-refractivity contribution in [2.75, 3.05) is 17.2 Å². The lowest BCUT2D eigenvalue weighted by atomic mass is 9.82. The van der Waals surface area contributed by atoms with Crippen LogP contribution >= 0.6 is 0 Å². The molecule has 7 heteroatoms. The summed E-state index contributed by atoms with van der Waals surface area (Å²) in [6.07, 6.45) is 4.03. The first-order valence-electron chi connectivity index (χ1n) is 8.25. The summed E-state index contributed by atoms with van der Waals surface area (Å²) in [5.74, 6) is -2.50. The summed E-state index contributed by atoms with van der Waals surface area (Å²) >= 11 is 0. The van der Waals surface area contributed by atoms with E-state index < -0.39 is 23.9 Å². The lowest BCUT2D eigenvalue weighted by molar-refractivity contribution is -0.146. The smallest absolute Gasteiger partial charge is 0.411 e. The highest BCUT2D eigenvalue weighted by Crippen LogP contribution is 2.48. The molecule has 25 heavy (non-hydrogen) atoms. The number of aliphatic carboxylic acids is 1. The molecule has 0 radical (unpaired) electrons. The Hall–Kier alpha value is -2.83. The number of carbonyl (C=O) groups is 3. The number of carboxylic acids is 1. The van der Waals surface area contributed by atoms with E-state index in [1.807, 2.05) is 12.2 Å². The van der Waals surface area contributed by atoms with Crippen molar-refractivity contribution in [2.24, 2.45) is 23.7 Å². The Labute approximate surface area is 145 Å². The molecule has 0 spiro atoms. The minimum Gasteiger partial charge on any atom is -0.481 e. The van der Waals surface area contributed by atoms with Crippen LogP contribution in [0.1, 0.15) is 13.3 Å². The fourth-order valence-corrected chi connectivity index (χ4v) is 3.66. The number of carboxylic acid groups (broad SMARTS) is 1. The van der Waals surface area contributed by atoms with Gasteiger partial charge in [0.05, 0.1) is 18.4 Å². The summed E-state index contributed by atoms with van der Waals surface area (Å²) in [4.78, 5) is 35.4. The van der Waals surface area contributed by atoms with Crippen molar-refractivity contribution < 1.29 is 24.2 Å². The summed E-state index contributed by atoms with van der Waals surface area (Å²) < 4.78 is 4.79. The van der Waals surface area contributed by atoms with Crippen molar-refractivity contribution in [1.29, 1.82) is 0 Å². The fraction of sp³-hybridized carbons (Fsp3) is 0.389. The van der Waals surface area contributed by atoms with Crippen molar-refractivity contribution >= 4 is 29.3 Å². The third kappa shape index (κ3) is 3.50. The van der Waals surface area contributed by atoms with Gasteiger partial charge in [0.25, 0.3) is 0 Å². The van der Waals surface area contributed by atoms with Crippen LogP contribution in [-0.2, 0) is 14.3 Å². The summed E-state index contributed by atoms with van der Waals surface area (Å²) in [7, 11) is 0. The van der Waals surface area contributed by atoms with Crippen LogP contribution in [0.15, 0.2) is 36.4 Å². The second-order valence-electron chi connectivity index (χ2n) is 6.25. The standard InChI is InChI=1S/C18H20N2O5/c1-2-25-18(24)20-13-7-5-12(6-8-13)19-16(21)14-10-3-4-11(9-10)15(14)17(22)23/h3-8,10-11,14-15H,2,9H2,1H3,(H,19,21)(H,20,24)(H,22,23)/t10-,11-,14+,15-/m0/s1. The number of hydrogen-bond acceptors (Lipinski definition) is 4. The quantitative estimate of drug-likeness (QED) is 0.712. The first-order valence-corrected chi connectivity index (χ1v) is 8.25. The molecule has 2 amide bonds. The SMILES string of the molecule is CCOC(=O)Nc1ccc(NC(=O)[C@H]2[C@@H](C(=O)O)[C@H]3C=C[C@H]2C3)cc1. The summed E-state index contributed by atoms with van der Waals surface area (Å²) in [5, 5.41) is 14.8. The molecule has 2 bridgehead atoms. The molecule has 2 aliphatic rings. The Bertz CT molecular complexity index is 713. The summed E-state index contributed by atoms with van der Waals surface area (Å²) in [5.41, 5.74) is 1.10. The number of rotatable bonds is 5. The molecule has 1 saturated carbocycles. The maximum atomic E-state index is 12.6. The first-order chi connectivity index (χ1) is 12.0. The van der Waals surface area contributed by atoms with Gasteiger partial charge in [-0.25, -0.2) is 4.79 Å². The van der Waals surface area contributed by atoms with Crippen molar-refractivity contribution in [1.82, 2.24) is 0 Å². The second kappa shape index (κ2) is 6.96. The summed E-state index contributed by atoms with van der Waals surface area (Å²) in [6.45, 7) is 2.00. The molecule has 2 aliphatic carbocycles. The number of allylic oxidation sites excluding steroid dienone is 2. The Kier molecular flexibility index (Phi) is 4.74. The van der Waals surface area contributed by atoms with Gasteiger partial charge in [-0.15, -0.1) is 0 Å². The number of anilines is 2. The lowest BCUT2D eigenvalue weighted by Crippen LogP contribution is -2.36. The van der Waals surface area contributed by atoms with Crippen LogP contribution in [0.3, 0.4) is 0 Å². The molecule has 4 atom stereocenters. The molecule has 132 valence electrons. The van der Waals surface area contributed by atoms with E-state index in [1.165, 1.54) is 0 Å². The molecular formula is C18H20N2O5. The van der Waals surface area contributed by atoms with E-state index in [4.69, 9.17) is 4.74 Å². The highest BCUT2D eigenvalue weighted by molar-refractivity contribution is 5.96. The average molecular weight is 344 g/mol. The van der Waals surface area contributed by atoms with E-state index in [0.29, 0.717) is 11.4 Å². The molecule has 0 heterocycles. The second-order valence-corrected chi connectivity index (χ2v) is 6.25. The van der Waals surface area contributed by atoms with E-state index in [2.05, 4.69) is 10.6 Å². The van der Waals surface area contributed by atoms with Crippen LogP contribution in [0.4, 0.5) is 16.2 Å². The maximum Gasteiger partial charge on any atom is 0.411 e. The molecule has 3 N–H and O–H groups in total. The van der Waals surface area contributed by atoms with Crippen LogP contribution in [0.5, 0.6) is 0 Å². The predicted molar refractivity (Wildman–Crippen MR) is 91.1 cm³/mol. The van der Waals surface area contributed by atoms with E-state index in [9.17, 15) is 19.5 Å². The van der Waals surface area contributed by atoms with Crippen molar-refractivity contribution in [2.45, 2.75) is 13.3 Å². The van der Waals surface area contributed by atoms with Gasteiger partial charge in [-0.05, 0) is 49.4 Å². The average Bonchev–Trinajstić information content (AvgIpc) is 3.18. The highest BCUT2D eigenvalue weighted by Gasteiger charge is 2.51. The number of nitrogens with one attached hydrogen (secondary N) is 2. The monoisotopic (exact) mass is 344 g/mol. The molecule has 1 fully saturated rings. The van der Waals surface area contributed by atoms with E-state index in [0.717, 1.165) is 6.42 Å². The van der Waals surface area contributed by atoms with Crippen LogP contribution < -0.4 is 10.6 Å². The molecule has 0 unspecified atom stereocenters. The molecule has 1 aromatic rings. The van der Waals surface area contributed by atoms with Gasteiger partial charge in [-0.2, -0.15) is 0 Å². The molecular weight excluding hydrogens is 324 g/mol. The Morgan fingerprint density at radius 1 is 1.04 bits per heavy atom. The minimum atomic E-state index is -0.925. The number of fused-ring (bicyclic) bond motifs is 2. The third-order valence-corrected chi connectivity index (χ3v) is 4.72. The zero-order valence-corrected chi connectivity index (χ0v) is 13.8. The van der Waals surface area contributed by atoms with Gasteiger partial charge in [0.1, 0.15) is 0 Å². The Morgan fingerprint density at radius 3 is 2.16 bits per heavy atom. The Balaban J connectivity index is 1.64. The number of hydrogen-bond donors (Lipinski definition) is 3. The van der Waals surface area contributed by atoms with Crippen molar-refractivity contribution in [3.05, 3.63) is 36.4 Å². The zero-order chi connectivity index (χ0) is 18.0. The normalized spacial score (nSPS) is 26.3. The molecule has 3 rings (SSSR count). The number of carbonyl (C=O) groups excluding carboxylic acids is 2. The predicted octanol–water partition coefficient (Wildman–Crippen LogP) is 2.72. The third-order valence-electron chi connectivity index (χ3n) is 4.72. The van der Waals surface area contributed by atoms with Crippen molar-refractivity contribution in [3.8, 4) is 0 Å². The van der Waals surface area contributed by atoms with Gasteiger partial charge in [-0.1, -0.05) is 12.2 Å². The molecule has 0 aliphatic heterocycles. The van der Waals surface area contributed by atoms with E-state index >= 15 is 0 Å². The van der Waals surface area contributed by atoms with Crippen LogP contribution in [0.2, 0.25) is 0 Å². The molecule has 7 nitrogen and oxygen atoms in total. The summed E-state index contributed by atoms with van der Waals surface area (Å²) in [6, 6.07) is 6.58. The zero-order valence-electron chi connectivity index (χ0n) is 13.8. The van der Waals surface area contributed by atoms with Crippen LogP contribution in [0, 0.1) is 23.7 Å². The lowest BCUT2D eigenvalue weighted by Gasteiger charge is -2.23. The van der Waals surface area contributed by atoms with Gasteiger partial charge in [0, 0.05) is 11.4 Å². The molecule has 1 aromatic carbocycles. The van der Waals surface area contributed by atoms with Gasteiger partial charge in [0.15, 0.2) is 0 Å². The van der Waals surface area contributed by atoms with Crippen molar-refractivity contribution in [3.63, 3.8) is 0 Å². The largest absolute Gasteiger partial charge is 0.481 e. The maximum absolute atomic E-state index is 12.6. The van der Waals surface area contributed by atoms with E-state index in [-0.39, 0.29) is 24.3 Å².